The number of hydrogen-bond donors (Lipinski definition) is 1. The molecule has 0 aliphatic carbocycles. The first-order valence-electron chi connectivity index (χ1n) is 12.5. The van der Waals surface area contributed by atoms with Gasteiger partial charge in [-0.05, 0) is 35.4 Å². The molecule has 1 heterocycles. The lowest BCUT2D eigenvalue weighted by Crippen LogP contribution is -2.50. The highest BCUT2D eigenvalue weighted by Gasteiger charge is 2.36. The van der Waals surface area contributed by atoms with Gasteiger partial charge in [-0.2, -0.15) is 0 Å². The Labute approximate surface area is 224 Å². The minimum atomic E-state index is -1.67. The highest BCUT2D eigenvalue weighted by Crippen LogP contribution is 2.29. The van der Waals surface area contributed by atoms with Gasteiger partial charge in [-0.15, -0.1) is 0 Å². The van der Waals surface area contributed by atoms with Crippen LogP contribution < -0.4 is 0 Å². The fourth-order valence-corrected chi connectivity index (χ4v) is 4.68. The van der Waals surface area contributed by atoms with Crippen molar-refractivity contribution < 1.29 is 28.7 Å². The maximum Gasteiger partial charge on any atom is 0.327 e. The van der Waals surface area contributed by atoms with Crippen LogP contribution in [0.3, 0.4) is 0 Å². The second-order valence-electron chi connectivity index (χ2n) is 9.27. The SMILES string of the molecule is O=C(CC(C(=O)O)N(C(=O)Cc1ccccc1)C(=O)Cc1ccccc1)c1ccc2oc3ccccc3c2c1. The lowest BCUT2D eigenvalue weighted by Gasteiger charge is -2.27. The Morgan fingerprint density at radius 2 is 1.21 bits per heavy atom. The number of ketones is 1. The summed E-state index contributed by atoms with van der Waals surface area (Å²) in [6.07, 6.45) is -0.906. The van der Waals surface area contributed by atoms with Gasteiger partial charge in [0.15, 0.2) is 5.78 Å². The van der Waals surface area contributed by atoms with Crippen LogP contribution in [-0.2, 0) is 27.2 Å². The minimum absolute atomic E-state index is 0.174. The first kappa shape index (κ1) is 25.6. The van der Waals surface area contributed by atoms with E-state index < -0.39 is 36.0 Å². The molecule has 4 aromatic carbocycles. The molecule has 0 bridgehead atoms. The molecular formula is C32H25NO6. The Morgan fingerprint density at radius 1 is 0.667 bits per heavy atom. The Kier molecular flexibility index (Phi) is 7.32. The minimum Gasteiger partial charge on any atom is -0.480 e. The third-order valence-corrected chi connectivity index (χ3v) is 6.61. The highest BCUT2D eigenvalue weighted by atomic mass is 16.4. The number of imide groups is 1. The number of carbonyl (C=O) groups is 4. The van der Waals surface area contributed by atoms with Crippen LogP contribution in [0.5, 0.6) is 0 Å². The van der Waals surface area contributed by atoms with Gasteiger partial charge >= 0.3 is 5.97 Å². The Balaban J connectivity index is 1.46. The van der Waals surface area contributed by atoms with E-state index in [2.05, 4.69) is 0 Å². The number of aliphatic carboxylic acids is 1. The van der Waals surface area contributed by atoms with E-state index in [1.165, 1.54) is 0 Å². The number of carbonyl (C=O) groups excluding carboxylic acids is 3. The molecule has 7 heteroatoms. The maximum absolute atomic E-state index is 13.4. The summed E-state index contributed by atoms with van der Waals surface area (Å²) in [6.45, 7) is 0. The number of furan rings is 1. The van der Waals surface area contributed by atoms with Gasteiger partial charge < -0.3 is 9.52 Å². The smallest absolute Gasteiger partial charge is 0.327 e. The Morgan fingerprint density at radius 3 is 1.79 bits per heavy atom. The van der Waals surface area contributed by atoms with Gasteiger partial charge in [-0.25, -0.2) is 4.79 Å². The Hall–Kier alpha value is -5.04. The number of benzene rings is 4. The van der Waals surface area contributed by atoms with Crippen molar-refractivity contribution in [1.29, 1.82) is 0 Å². The molecule has 0 aliphatic heterocycles. The van der Waals surface area contributed by atoms with Crippen LogP contribution >= 0.6 is 0 Å². The van der Waals surface area contributed by atoms with E-state index in [-0.39, 0.29) is 18.4 Å². The van der Waals surface area contributed by atoms with Crippen molar-refractivity contribution in [3.05, 3.63) is 120 Å². The largest absolute Gasteiger partial charge is 0.480 e. The molecule has 0 fully saturated rings. The van der Waals surface area contributed by atoms with Crippen LogP contribution in [-0.4, -0.2) is 39.6 Å². The molecule has 1 N–H and O–H groups in total. The summed E-state index contributed by atoms with van der Waals surface area (Å²) >= 11 is 0. The second kappa shape index (κ2) is 11.1. The van der Waals surface area contributed by atoms with E-state index in [4.69, 9.17) is 4.42 Å². The lowest BCUT2D eigenvalue weighted by molar-refractivity contribution is -0.157. The van der Waals surface area contributed by atoms with Crippen LogP contribution in [0.4, 0.5) is 0 Å². The molecule has 2 amide bonds. The molecule has 194 valence electrons. The molecule has 1 aromatic heterocycles. The zero-order valence-corrected chi connectivity index (χ0v) is 20.9. The number of amides is 2. The van der Waals surface area contributed by atoms with Crippen molar-refractivity contribution in [3.8, 4) is 0 Å². The fourth-order valence-electron chi connectivity index (χ4n) is 4.68. The molecule has 0 spiro atoms. The van der Waals surface area contributed by atoms with Gasteiger partial charge in [0.1, 0.15) is 17.2 Å². The molecule has 1 atom stereocenters. The van der Waals surface area contributed by atoms with Crippen molar-refractivity contribution in [1.82, 2.24) is 4.90 Å². The Bertz CT molecular complexity index is 1620. The third-order valence-electron chi connectivity index (χ3n) is 6.61. The molecule has 5 rings (SSSR count). The molecule has 0 saturated carbocycles. The number of rotatable bonds is 9. The van der Waals surface area contributed by atoms with E-state index in [0.717, 1.165) is 15.7 Å². The zero-order chi connectivity index (χ0) is 27.4. The molecule has 0 aliphatic rings. The van der Waals surface area contributed by atoms with Crippen LogP contribution in [0.25, 0.3) is 21.9 Å². The van der Waals surface area contributed by atoms with Gasteiger partial charge in [0.25, 0.3) is 0 Å². The van der Waals surface area contributed by atoms with Crippen LogP contribution in [0.1, 0.15) is 27.9 Å². The van der Waals surface area contributed by atoms with E-state index in [1.54, 1.807) is 78.9 Å². The molecule has 5 aromatic rings. The summed E-state index contributed by atoms with van der Waals surface area (Å²) in [6, 6.07) is 28.2. The summed E-state index contributed by atoms with van der Waals surface area (Å²) in [7, 11) is 0. The quantitative estimate of drug-likeness (QED) is 0.260. The second-order valence-corrected chi connectivity index (χ2v) is 9.27. The van der Waals surface area contributed by atoms with E-state index in [1.807, 2.05) is 24.3 Å². The van der Waals surface area contributed by atoms with Gasteiger partial charge in [-0.3, -0.25) is 19.3 Å². The average molecular weight is 520 g/mol. The van der Waals surface area contributed by atoms with Gasteiger partial charge in [0, 0.05) is 22.8 Å². The molecule has 0 radical (unpaired) electrons. The summed E-state index contributed by atoms with van der Waals surface area (Å²) in [5, 5.41) is 11.7. The molecular weight excluding hydrogens is 494 g/mol. The number of fused-ring (bicyclic) bond motifs is 3. The number of Topliss-reactive ketones (excluding diaryl/α,β-unsaturated/α-hetero) is 1. The normalized spacial score (nSPS) is 11.8. The van der Waals surface area contributed by atoms with Crippen LogP contribution in [0.2, 0.25) is 0 Å². The number of hydrogen-bond acceptors (Lipinski definition) is 5. The molecule has 39 heavy (non-hydrogen) atoms. The van der Waals surface area contributed by atoms with E-state index in [0.29, 0.717) is 22.3 Å². The zero-order valence-electron chi connectivity index (χ0n) is 20.9. The monoisotopic (exact) mass is 519 g/mol. The van der Waals surface area contributed by atoms with E-state index in [9.17, 15) is 24.3 Å². The van der Waals surface area contributed by atoms with Gasteiger partial charge in [0.05, 0.1) is 12.8 Å². The first-order chi connectivity index (χ1) is 18.9. The van der Waals surface area contributed by atoms with Gasteiger partial charge in [-0.1, -0.05) is 78.9 Å². The summed E-state index contributed by atoms with van der Waals surface area (Å²) in [5.41, 5.74) is 2.80. The maximum atomic E-state index is 13.4. The van der Waals surface area contributed by atoms with Crippen molar-refractivity contribution in [3.63, 3.8) is 0 Å². The number of nitrogens with zero attached hydrogens (tertiary/aromatic N) is 1. The highest BCUT2D eigenvalue weighted by molar-refractivity contribution is 6.09. The molecule has 7 nitrogen and oxygen atoms in total. The average Bonchev–Trinajstić information content (AvgIpc) is 3.31. The summed E-state index contributed by atoms with van der Waals surface area (Å²) < 4.78 is 5.82. The van der Waals surface area contributed by atoms with Crippen molar-refractivity contribution in [2.45, 2.75) is 25.3 Å². The van der Waals surface area contributed by atoms with Crippen molar-refractivity contribution in [2.24, 2.45) is 0 Å². The molecule has 0 saturated heterocycles. The summed E-state index contributed by atoms with van der Waals surface area (Å²) in [4.78, 5) is 53.4. The first-order valence-corrected chi connectivity index (χ1v) is 12.5. The third kappa shape index (κ3) is 5.62. The van der Waals surface area contributed by atoms with E-state index >= 15 is 0 Å². The fraction of sp³-hybridized carbons (Fsp3) is 0.125. The molecule has 1 unspecified atom stereocenters. The number of para-hydroxylation sites is 1. The number of carboxylic acid groups (broad SMARTS) is 1. The lowest BCUT2D eigenvalue weighted by atomic mass is 9.99. The van der Waals surface area contributed by atoms with Crippen LogP contribution in [0, 0.1) is 0 Å². The summed E-state index contributed by atoms with van der Waals surface area (Å²) in [5.74, 6) is -3.29. The number of carboxylic acids is 1. The van der Waals surface area contributed by atoms with Crippen LogP contribution in [0.15, 0.2) is 108 Å². The topological polar surface area (TPSA) is 105 Å². The van der Waals surface area contributed by atoms with Crippen molar-refractivity contribution in [2.75, 3.05) is 0 Å². The standard InChI is InChI=1S/C32H25NO6/c34-27(23-15-16-29-25(19-23)24-13-7-8-14-28(24)39-29)20-26(32(37)38)33(30(35)17-21-9-3-1-4-10-21)31(36)18-22-11-5-2-6-12-22/h1-16,19,26H,17-18,20H2,(H,37,38). The van der Waals surface area contributed by atoms with Crippen molar-refractivity contribution >= 4 is 45.5 Å². The van der Waals surface area contributed by atoms with Gasteiger partial charge in [0.2, 0.25) is 11.8 Å². The predicted molar refractivity (Wildman–Crippen MR) is 146 cm³/mol. The predicted octanol–water partition coefficient (Wildman–Crippen LogP) is 5.45.